The number of carbonyl (C=O) groups excluding carboxylic acids is 3. The van der Waals surface area contributed by atoms with Crippen LogP contribution < -0.4 is 0 Å². The molecule has 0 aliphatic rings. The Labute approximate surface area is 776 Å². The number of aliphatic hydroxyl groups is 2. The van der Waals surface area contributed by atoms with Crippen LogP contribution in [0.15, 0.2) is 194 Å². The van der Waals surface area contributed by atoms with Crippen LogP contribution in [0.25, 0.3) is 0 Å². The van der Waals surface area contributed by atoms with Gasteiger partial charge in [0.25, 0.3) is 0 Å². The van der Waals surface area contributed by atoms with E-state index in [1.54, 1.807) is 0 Å². The van der Waals surface area contributed by atoms with Gasteiger partial charge in [0.15, 0.2) is 6.10 Å². The van der Waals surface area contributed by atoms with Gasteiger partial charge in [0.1, 0.15) is 25.4 Å². The maximum absolute atomic E-state index is 13.1. The number of hydrogen-bond donors (Lipinski definition) is 4. The van der Waals surface area contributed by atoms with Crippen molar-refractivity contribution in [3.05, 3.63) is 194 Å². The average molecular weight is 1810 g/mol. The Bertz CT molecular complexity index is 3090. The van der Waals surface area contributed by atoms with Gasteiger partial charge >= 0.3 is 33.6 Å². The van der Waals surface area contributed by atoms with Crippen molar-refractivity contribution in [3.63, 3.8) is 0 Å². The molecule has 0 aromatic rings. The van der Waals surface area contributed by atoms with Gasteiger partial charge in [0.05, 0.1) is 26.4 Å². The summed E-state index contributed by atoms with van der Waals surface area (Å²) in [5.74, 6) is -1.57. The number of rotatable bonds is 95. The van der Waals surface area contributed by atoms with Gasteiger partial charge in [-0.25, -0.2) is 9.13 Å². The standard InChI is InChI=1S/C109H184O16P2/c1-4-7-10-13-16-19-22-25-28-31-34-37-40-43-46-48-50-51-53-55-57-59-62-65-68-71-74-77-80-83-86-89-92-95-107(112)119-98-104(110)99-121-126(115,116)122-100-105(111)101-123-127(117,118)124-103-106(125-109(114)97-94-91-88-85-82-79-76-73-70-67-64-61-56-45-42-39-36-33-30-27-24-21-18-15-12-9-6-3)102-120-108(113)96-93-90-87-84-81-78-75-72-69-66-63-60-58-54-52-49-47-44-41-38-35-32-29-26-23-20-17-14-11-8-5-2/h7-12,16-21,25-30,34-39,43-47,56,64,67,104-106,110-111H,4-6,13-15,22-24,31-33,40-42,48-55,57-63,65-66,68-103H2,1-3H3,(H,115,116)(H,117,118)/b10-7-,11-8-,12-9-,19-16-,20-17-,21-18-,28-25-,29-26-,30-27-,37-34-,38-35-,39-36-,46-43-,47-44-,56-45-,67-64-. The van der Waals surface area contributed by atoms with Gasteiger partial charge in [-0.15, -0.1) is 0 Å². The Morgan fingerprint density at radius 3 is 0.622 bits per heavy atom. The quantitative estimate of drug-likeness (QED) is 0.0146. The zero-order valence-electron chi connectivity index (χ0n) is 80.4. The SMILES string of the molecule is CC/C=C\C/C=C\C/C=C\C/C=C\C/C=C\C/C=C\CCCCCCCCCCC(=O)OC(COC(=O)CCCCCCCCCCCCCCCCC/C=C\C/C=C\C/C=C\C/C=C\C/C=C\CC)COP(=O)(O)OCC(O)COP(=O)(O)OCC(O)COC(=O)CCCCCCCCCCCCCCCCCCC/C=C\C/C=C\C/C=C\C/C=C\C/C=C\CC. The third-order valence-corrected chi connectivity index (χ3v) is 23.2. The maximum Gasteiger partial charge on any atom is 0.472 e. The number of carbonyl (C=O) groups is 3. The van der Waals surface area contributed by atoms with E-state index in [1.807, 2.05) is 0 Å². The first-order valence-electron chi connectivity index (χ1n) is 50.7. The molecule has 127 heavy (non-hydrogen) atoms. The lowest BCUT2D eigenvalue weighted by Crippen LogP contribution is -2.30. The summed E-state index contributed by atoms with van der Waals surface area (Å²) < 4.78 is 61.7. The molecule has 0 aromatic heterocycles. The minimum Gasteiger partial charge on any atom is -0.463 e. The summed E-state index contributed by atoms with van der Waals surface area (Å²) in [7, 11) is -9.82. The molecule has 0 rings (SSSR count). The second-order valence-corrected chi connectivity index (χ2v) is 36.4. The van der Waals surface area contributed by atoms with Crippen LogP contribution in [0.4, 0.5) is 0 Å². The number of aliphatic hydroxyl groups excluding tert-OH is 2. The van der Waals surface area contributed by atoms with Crippen LogP contribution in [-0.4, -0.2) is 95.9 Å². The molecule has 0 saturated carbocycles. The maximum atomic E-state index is 13.1. The molecular formula is C109H184O16P2. The van der Waals surface area contributed by atoms with Crippen LogP contribution in [0.3, 0.4) is 0 Å². The minimum absolute atomic E-state index is 0.0896. The van der Waals surface area contributed by atoms with Crippen molar-refractivity contribution in [3.8, 4) is 0 Å². The lowest BCUT2D eigenvalue weighted by molar-refractivity contribution is -0.161. The molecule has 0 bridgehead atoms. The van der Waals surface area contributed by atoms with E-state index in [1.165, 1.54) is 173 Å². The summed E-state index contributed by atoms with van der Waals surface area (Å²) in [6.07, 6.45) is 133. The van der Waals surface area contributed by atoms with Gasteiger partial charge in [0.2, 0.25) is 0 Å². The highest BCUT2D eigenvalue weighted by molar-refractivity contribution is 7.47. The van der Waals surface area contributed by atoms with Crippen LogP contribution in [0.5, 0.6) is 0 Å². The monoisotopic (exact) mass is 1810 g/mol. The Hall–Kier alpha value is -5.61. The lowest BCUT2D eigenvalue weighted by Gasteiger charge is -2.21. The van der Waals surface area contributed by atoms with Gasteiger partial charge < -0.3 is 34.2 Å². The average Bonchev–Trinajstić information content (AvgIpc) is 0.901. The second-order valence-electron chi connectivity index (χ2n) is 33.5. The number of phosphoric acid groups is 2. The number of hydrogen-bond acceptors (Lipinski definition) is 14. The first-order valence-corrected chi connectivity index (χ1v) is 53.7. The first kappa shape index (κ1) is 121. The highest BCUT2D eigenvalue weighted by Crippen LogP contribution is 2.45. The summed E-state index contributed by atoms with van der Waals surface area (Å²) in [5.41, 5.74) is 0. The zero-order chi connectivity index (χ0) is 92.1. The Morgan fingerprint density at radius 1 is 0.220 bits per heavy atom. The smallest absolute Gasteiger partial charge is 0.463 e. The highest BCUT2D eigenvalue weighted by Gasteiger charge is 2.30. The third-order valence-electron chi connectivity index (χ3n) is 21.3. The number of esters is 3. The summed E-state index contributed by atoms with van der Waals surface area (Å²) >= 11 is 0. The van der Waals surface area contributed by atoms with Crippen molar-refractivity contribution in [2.24, 2.45) is 0 Å². The highest BCUT2D eigenvalue weighted by atomic mass is 31.2. The summed E-state index contributed by atoms with van der Waals surface area (Å²) in [4.78, 5) is 59.2. The third kappa shape index (κ3) is 101. The summed E-state index contributed by atoms with van der Waals surface area (Å²) in [5, 5.41) is 20.8. The van der Waals surface area contributed by atoms with Crippen molar-refractivity contribution < 1.29 is 75.8 Å². The molecule has 16 nitrogen and oxygen atoms in total. The van der Waals surface area contributed by atoms with Crippen molar-refractivity contribution in [2.75, 3.05) is 39.6 Å². The zero-order valence-corrected chi connectivity index (χ0v) is 82.2. The molecule has 0 aliphatic heterocycles. The molecule has 4 N–H and O–H groups in total. The van der Waals surface area contributed by atoms with E-state index in [0.717, 1.165) is 186 Å². The molecular weight excluding hydrogens is 1630 g/mol. The number of allylic oxidation sites excluding steroid dienone is 32. The Morgan fingerprint density at radius 2 is 0.394 bits per heavy atom. The van der Waals surface area contributed by atoms with Gasteiger partial charge in [-0.1, -0.05) is 434 Å². The largest absolute Gasteiger partial charge is 0.472 e. The molecule has 726 valence electrons. The summed E-state index contributed by atoms with van der Waals surface area (Å²) in [6, 6.07) is 0. The van der Waals surface area contributed by atoms with Crippen molar-refractivity contribution in [2.45, 2.75) is 437 Å². The molecule has 18 heteroatoms. The minimum atomic E-state index is -4.95. The molecule has 0 amide bonds. The molecule has 0 aliphatic carbocycles. The van der Waals surface area contributed by atoms with Gasteiger partial charge in [0, 0.05) is 19.3 Å². The van der Waals surface area contributed by atoms with Gasteiger partial charge in [-0.05, 0) is 161 Å². The number of unbranched alkanes of at least 4 members (excludes halogenated alkanes) is 40. The van der Waals surface area contributed by atoms with E-state index in [4.69, 9.17) is 32.3 Å². The van der Waals surface area contributed by atoms with Crippen molar-refractivity contribution >= 4 is 33.6 Å². The van der Waals surface area contributed by atoms with Crippen LogP contribution in [-0.2, 0) is 55.8 Å². The van der Waals surface area contributed by atoms with Crippen LogP contribution >= 0.6 is 15.6 Å². The molecule has 5 atom stereocenters. The Kier molecular flexibility index (Phi) is 95.0. The van der Waals surface area contributed by atoms with E-state index in [-0.39, 0.29) is 19.3 Å². The lowest BCUT2D eigenvalue weighted by atomic mass is 10.0. The predicted octanol–water partition coefficient (Wildman–Crippen LogP) is 32.1. The molecule has 0 saturated heterocycles. The van der Waals surface area contributed by atoms with E-state index >= 15 is 0 Å². The second kappa shape index (κ2) is 99.4. The first-order chi connectivity index (χ1) is 62.2. The fourth-order valence-corrected chi connectivity index (χ4v) is 15.3. The van der Waals surface area contributed by atoms with Crippen molar-refractivity contribution in [1.82, 2.24) is 0 Å². The van der Waals surface area contributed by atoms with E-state index < -0.39 is 91.5 Å². The van der Waals surface area contributed by atoms with Gasteiger partial charge in [-0.3, -0.25) is 32.5 Å². The number of phosphoric ester groups is 2. The molecule has 0 aromatic carbocycles. The molecule has 0 heterocycles. The normalized spacial score (nSPS) is 14.5. The van der Waals surface area contributed by atoms with Crippen LogP contribution in [0.1, 0.15) is 419 Å². The number of ether oxygens (including phenoxy) is 3. The fraction of sp³-hybridized carbons (Fsp3) is 0.679. The molecule has 0 radical (unpaired) electrons. The van der Waals surface area contributed by atoms with E-state index in [0.29, 0.717) is 19.3 Å². The fourth-order valence-electron chi connectivity index (χ4n) is 13.8. The topological polar surface area (TPSA) is 231 Å². The van der Waals surface area contributed by atoms with Crippen LogP contribution in [0.2, 0.25) is 0 Å². The van der Waals surface area contributed by atoms with E-state index in [2.05, 4.69) is 215 Å². The Balaban J connectivity index is 4.62. The predicted molar refractivity (Wildman–Crippen MR) is 537 cm³/mol. The molecule has 0 fully saturated rings. The van der Waals surface area contributed by atoms with Gasteiger partial charge in [-0.2, -0.15) is 0 Å². The van der Waals surface area contributed by atoms with Crippen LogP contribution in [0, 0.1) is 0 Å². The molecule has 0 spiro atoms. The van der Waals surface area contributed by atoms with Crippen molar-refractivity contribution in [1.29, 1.82) is 0 Å². The summed E-state index contributed by atoms with van der Waals surface area (Å²) in [6.45, 7) is 2.39. The van der Waals surface area contributed by atoms with E-state index in [9.17, 15) is 43.5 Å². The molecule has 5 unspecified atom stereocenters.